The molecule has 4 N–H and O–H groups in total. The summed E-state index contributed by atoms with van der Waals surface area (Å²) in [5, 5.41) is 34.2. The van der Waals surface area contributed by atoms with Crippen LogP contribution in [0.15, 0.2) is 4.99 Å². The normalized spacial score (nSPS) is 42.0. The van der Waals surface area contributed by atoms with Gasteiger partial charge in [-0.25, -0.2) is 0 Å². The topological polar surface area (TPSA) is 94.3 Å². The lowest BCUT2D eigenvalue weighted by molar-refractivity contribution is -0.185. The van der Waals surface area contributed by atoms with Gasteiger partial charge in [-0.1, -0.05) is 18.7 Å². The van der Waals surface area contributed by atoms with E-state index in [1.54, 1.807) is 0 Å². The number of rotatable bonds is 4. The van der Waals surface area contributed by atoms with Crippen molar-refractivity contribution in [2.24, 2.45) is 10.9 Å². The Kier molecular flexibility index (Phi) is 4.24. The van der Waals surface area contributed by atoms with Gasteiger partial charge in [0.15, 0.2) is 5.17 Å². The fourth-order valence-electron chi connectivity index (χ4n) is 2.58. The molecule has 7 heteroatoms. The number of nitrogens with zero attached hydrogens (tertiary/aromatic N) is 1. The van der Waals surface area contributed by atoms with Crippen molar-refractivity contribution < 1.29 is 20.1 Å². The van der Waals surface area contributed by atoms with Gasteiger partial charge in [0.05, 0.1) is 6.10 Å². The summed E-state index contributed by atoms with van der Waals surface area (Å²) in [5.41, 5.74) is -0.332. The molecule has 20 heavy (non-hydrogen) atoms. The number of ether oxygens (including phenoxy) is 1. The fourth-order valence-corrected chi connectivity index (χ4v) is 3.69. The highest BCUT2D eigenvalue weighted by Crippen LogP contribution is 2.37. The van der Waals surface area contributed by atoms with Crippen LogP contribution in [0.25, 0.3) is 0 Å². The zero-order valence-corrected chi connectivity index (χ0v) is 12.3. The molecule has 2 fully saturated rings. The molecule has 6 nitrogen and oxygen atoms in total. The summed E-state index contributed by atoms with van der Waals surface area (Å²) < 4.78 is 5.75. The van der Waals surface area contributed by atoms with Gasteiger partial charge >= 0.3 is 0 Å². The Hall–Kier alpha value is -0.340. The Labute approximate surface area is 122 Å². The molecule has 0 aromatic rings. The minimum Gasteiger partial charge on any atom is -0.390 e. The lowest BCUT2D eigenvalue weighted by Gasteiger charge is -2.40. The third-order valence-corrected chi connectivity index (χ3v) is 5.23. The number of fused-ring (bicyclic) bond motifs is 1. The van der Waals surface area contributed by atoms with E-state index in [0.717, 1.165) is 17.6 Å². The summed E-state index contributed by atoms with van der Waals surface area (Å²) in [4.78, 5) is 4.41. The monoisotopic (exact) mass is 302 g/mol. The van der Waals surface area contributed by atoms with E-state index in [1.165, 1.54) is 24.6 Å². The first-order valence-electron chi connectivity index (χ1n) is 7.28. The lowest BCUT2D eigenvalue weighted by Crippen LogP contribution is -2.58. The van der Waals surface area contributed by atoms with E-state index in [-0.39, 0.29) is 5.44 Å². The molecule has 0 unspecified atom stereocenters. The summed E-state index contributed by atoms with van der Waals surface area (Å²) in [7, 11) is 0. The standard InChI is InChI=1S/C13H22N2O4S/c1-2-7(16)11-10(18)9(17)8-12(19-11)20-13(15-8)14-5-6-3-4-6/h6-12,16-18H,2-5H2,1H3,(H,14,15)/t7-,8-,9-,10+,11-,12-/m1/s1. The van der Waals surface area contributed by atoms with Gasteiger partial charge in [-0.2, -0.15) is 0 Å². The number of aliphatic hydroxyl groups is 3. The van der Waals surface area contributed by atoms with E-state index in [1.807, 2.05) is 6.92 Å². The zero-order chi connectivity index (χ0) is 14.3. The third-order valence-electron chi connectivity index (χ3n) is 4.14. The first kappa shape index (κ1) is 14.6. The minimum absolute atomic E-state index is 0.332. The van der Waals surface area contributed by atoms with Crippen LogP contribution in [0.5, 0.6) is 0 Å². The van der Waals surface area contributed by atoms with E-state index < -0.39 is 30.5 Å². The third kappa shape index (κ3) is 2.82. The summed E-state index contributed by atoms with van der Waals surface area (Å²) >= 11 is 1.44. The number of amidine groups is 1. The van der Waals surface area contributed by atoms with E-state index in [4.69, 9.17) is 4.74 Å². The van der Waals surface area contributed by atoms with Crippen molar-refractivity contribution in [3.05, 3.63) is 0 Å². The van der Waals surface area contributed by atoms with Crippen molar-refractivity contribution in [2.45, 2.75) is 62.1 Å². The van der Waals surface area contributed by atoms with E-state index >= 15 is 0 Å². The molecule has 0 radical (unpaired) electrons. The van der Waals surface area contributed by atoms with E-state index in [0.29, 0.717) is 6.42 Å². The average molecular weight is 302 g/mol. The second-order valence-corrected chi connectivity index (χ2v) is 6.88. The Balaban J connectivity index is 1.63. The van der Waals surface area contributed by atoms with Gasteiger partial charge in [-0.3, -0.25) is 4.99 Å². The Bertz CT molecular complexity index is 391. The number of hydrogen-bond acceptors (Lipinski definition) is 7. The van der Waals surface area contributed by atoms with Gasteiger partial charge in [0.25, 0.3) is 0 Å². The van der Waals surface area contributed by atoms with Crippen molar-refractivity contribution in [1.29, 1.82) is 0 Å². The van der Waals surface area contributed by atoms with Crippen molar-refractivity contribution in [3.63, 3.8) is 0 Å². The first-order valence-corrected chi connectivity index (χ1v) is 8.16. The van der Waals surface area contributed by atoms with Crippen LogP contribution >= 0.6 is 11.8 Å². The largest absolute Gasteiger partial charge is 0.390 e. The minimum atomic E-state index is -1.10. The maximum Gasteiger partial charge on any atom is 0.159 e. The Morgan fingerprint density at radius 3 is 2.80 bits per heavy atom. The smallest absolute Gasteiger partial charge is 0.159 e. The van der Waals surface area contributed by atoms with Crippen molar-refractivity contribution in [2.75, 3.05) is 6.54 Å². The van der Waals surface area contributed by atoms with Crippen LogP contribution in [0.2, 0.25) is 0 Å². The number of hydrogen-bond donors (Lipinski definition) is 4. The van der Waals surface area contributed by atoms with Crippen LogP contribution in [-0.4, -0.2) is 62.9 Å². The lowest BCUT2D eigenvalue weighted by atomic mass is 9.94. The molecule has 0 amide bonds. The number of thioether (sulfide) groups is 1. The van der Waals surface area contributed by atoms with Gasteiger partial charge in [0.2, 0.25) is 0 Å². The second kappa shape index (κ2) is 5.81. The Morgan fingerprint density at radius 1 is 1.40 bits per heavy atom. The molecule has 2 aliphatic heterocycles. The first-order chi connectivity index (χ1) is 9.60. The van der Waals surface area contributed by atoms with Crippen LogP contribution in [0.1, 0.15) is 26.2 Å². The van der Waals surface area contributed by atoms with Crippen LogP contribution < -0.4 is 5.32 Å². The molecule has 0 aromatic heterocycles. The van der Waals surface area contributed by atoms with Crippen LogP contribution in [0.4, 0.5) is 0 Å². The van der Waals surface area contributed by atoms with Crippen LogP contribution in [0, 0.1) is 5.92 Å². The van der Waals surface area contributed by atoms with Crippen molar-refractivity contribution in [3.8, 4) is 0 Å². The SMILES string of the molecule is CC[C@@H](O)[C@H]1O[C@@H]2SC(NCC3CC3)=N[C@@H]2[C@@H](O)[C@@H]1O. The molecule has 1 saturated heterocycles. The van der Waals surface area contributed by atoms with E-state index in [9.17, 15) is 15.3 Å². The molecule has 2 heterocycles. The summed E-state index contributed by atoms with van der Waals surface area (Å²) in [5.74, 6) is 0.743. The number of aliphatic imine (C=N–C) groups is 1. The summed E-state index contributed by atoms with van der Waals surface area (Å²) in [6.45, 7) is 2.73. The second-order valence-electron chi connectivity index (χ2n) is 5.79. The molecule has 0 spiro atoms. The molecule has 3 rings (SSSR count). The molecule has 0 bridgehead atoms. The van der Waals surface area contributed by atoms with Gasteiger partial charge in [0, 0.05) is 6.54 Å². The molecular weight excluding hydrogens is 280 g/mol. The highest BCUT2D eigenvalue weighted by molar-refractivity contribution is 8.14. The number of nitrogens with one attached hydrogen (secondary N) is 1. The zero-order valence-electron chi connectivity index (χ0n) is 11.5. The molecule has 3 aliphatic rings. The van der Waals surface area contributed by atoms with Gasteiger partial charge in [-0.15, -0.1) is 0 Å². The molecular formula is C13H22N2O4S. The van der Waals surface area contributed by atoms with Crippen molar-refractivity contribution in [1.82, 2.24) is 5.32 Å². The molecule has 114 valence electrons. The predicted octanol–water partition coefficient (Wildman–Crippen LogP) is -0.325. The molecule has 0 aromatic carbocycles. The fraction of sp³-hybridized carbons (Fsp3) is 0.923. The quantitative estimate of drug-likeness (QED) is 0.568. The molecule has 1 aliphatic carbocycles. The highest BCUT2D eigenvalue weighted by Gasteiger charge is 2.49. The predicted molar refractivity (Wildman–Crippen MR) is 76.5 cm³/mol. The van der Waals surface area contributed by atoms with Crippen LogP contribution in [-0.2, 0) is 4.74 Å². The molecule has 1 saturated carbocycles. The average Bonchev–Trinajstić information content (AvgIpc) is 3.19. The maximum atomic E-state index is 10.2. The van der Waals surface area contributed by atoms with Gasteiger partial charge in [0.1, 0.15) is 29.8 Å². The molecule has 6 atom stereocenters. The maximum absolute atomic E-state index is 10.2. The Morgan fingerprint density at radius 2 is 2.15 bits per heavy atom. The number of aliphatic hydroxyl groups excluding tert-OH is 3. The van der Waals surface area contributed by atoms with E-state index in [2.05, 4.69) is 10.3 Å². The van der Waals surface area contributed by atoms with Crippen LogP contribution in [0.3, 0.4) is 0 Å². The highest BCUT2D eigenvalue weighted by atomic mass is 32.2. The van der Waals surface area contributed by atoms with Gasteiger partial charge < -0.3 is 25.4 Å². The van der Waals surface area contributed by atoms with Gasteiger partial charge in [-0.05, 0) is 25.2 Å². The summed E-state index contributed by atoms with van der Waals surface area (Å²) in [6.07, 6.45) is -0.609. The summed E-state index contributed by atoms with van der Waals surface area (Å²) in [6, 6.07) is -0.461. The van der Waals surface area contributed by atoms with Crippen molar-refractivity contribution >= 4 is 16.9 Å².